The molecular formula is C6H15OSi. The van der Waals surface area contributed by atoms with Gasteiger partial charge in [-0.1, -0.05) is 19.6 Å². The summed E-state index contributed by atoms with van der Waals surface area (Å²) in [5, 5.41) is 0. The van der Waals surface area contributed by atoms with Crippen molar-refractivity contribution in [2.75, 3.05) is 6.61 Å². The fourth-order valence-corrected chi connectivity index (χ4v) is 1.00. The third-order valence-corrected chi connectivity index (χ3v) is 1.48. The average Bonchev–Trinajstić information content (AvgIpc) is 1.59. The van der Waals surface area contributed by atoms with Crippen LogP contribution in [0.1, 0.15) is 6.92 Å². The van der Waals surface area contributed by atoms with Crippen LogP contribution in [0, 0.1) is 6.23 Å². The van der Waals surface area contributed by atoms with E-state index in [9.17, 15) is 0 Å². The molecule has 0 saturated heterocycles. The highest BCUT2D eigenvalue weighted by atomic mass is 28.3. The largest absolute Gasteiger partial charge is 0.380 e. The second-order valence-electron chi connectivity index (χ2n) is 2.94. The zero-order chi connectivity index (χ0) is 6.62. The summed E-state index contributed by atoms with van der Waals surface area (Å²) in [6.07, 6.45) is 2.01. The van der Waals surface area contributed by atoms with Crippen LogP contribution < -0.4 is 0 Å². The van der Waals surface area contributed by atoms with Crippen molar-refractivity contribution < 1.29 is 4.74 Å². The predicted molar refractivity (Wildman–Crippen MR) is 39.3 cm³/mol. The van der Waals surface area contributed by atoms with Crippen LogP contribution in [0.25, 0.3) is 0 Å². The van der Waals surface area contributed by atoms with Gasteiger partial charge in [-0.25, -0.2) is 0 Å². The van der Waals surface area contributed by atoms with Gasteiger partial charge < -0.3 is 4.74 Å². The molecule has 0 amide bonds. The summed E-state index contributed by atoms with van der Waals surface area (Å²) in [6.45, 7) is 9.58. The molecule has 0 aliphatic rings. The first-order valence-corrected chi connectivity index (χ1v) is 6.60. The predicted octanol–water partition coefficient (Wildman–Crippen LogP) is 2.06. The maximum atomic E-state index is 5.13. The molecule has 0 saturated carbocycles. The van der Waals surface area contributed by atoms with Gasteiger partial charge in [0.05, 0.1) is 14.3 Å². The minimum absolute atomic E-state index is 0.810. The highest BCUT2D eigenvalue weighted by Gasteiger charge is 2.12. The van der Waals surface area contributed by atoms with Gasteiger partial charge in [-0.3, -0.25) is 0 Å². The van der Waals surface area contributed by atoms with Crippen LogP contribution in [0.4, 0.5) is 0 Å². The van der Waals surface area contributed by atoms with E-state index in [1.807, 2.05) is 13.2 Å². The van der Waals surface area contributed by atoms with E-state index in [4.69, 9.17) is 4.74 Å². The molecule has 0 N–H and O–H groups in total. The number of hydrogen-bond acceptors (Lipinski definition) is 1. The van der Waals surface area contributed by atoms with Crippen molar-refractivity contribution in [3.05, 3.63) is 6.23 Å². The lowest BCUT2D eigenvalue weighted by Crippen LogP contribution is -2.22. The SMILES string of the molecule is CCO[CH][Si](C)(C)C. The standard InChI is InChI=1S/C6H15OSi/c1-5-7-6-8(2,3)4/h6H,5H2,1-4H3. The Morgan fingerprint density at radius 2 is 1.88 bits per heavy atom. The fraction of sp³-hybridized carbons (Fsp3) is 0.833. The quantitative estimate of drug-likeness (QED) is 0.533. The monoisotopic (exact) mass is 131 g/mol. The molecule has 0 aromatic carbocycles. The second kappa shape index (κ2) is 3.25. The Kier molecular flexibility index (Phi) is 3.32. The highest BCUT2D eigenvalue weighted by Crippen LogP contribution is 2.04. The minimum Gasteiger partial charge on any atom is -0.380 e. The number of ether oxygens (including phenoxy) is 1. The fourth-order valence-electron chi connectivity index (χ4n) is 0.333. The second-order valence-corrected chi connectivity index (χ2v) is 7.91. The molecule has 1 nitrogen and oxygen atoms in total. The molecule has 0 aromatic rings. The van der Waals surface area contributed by atoms with E-state index in [0.29, 0.717) is 0 Å². The van der Waals surface area contributed by atoms with Crippen LogP contribution in [0.3, 0.4) is 0 Å². The highest BCUT2D eigenvalue weighted by molar-refractivity contribution is 6.79. The zero-order valence-electron chi connectivity index (χ0n) is 6.19. The van der Waals surface area contributed by atoms with E-state index in [1.165, 1.54) is 0 Å². The van der Waals surface area contributed by atoms with E-state index in [-0.39, 0.29) is 0 Å². The molecule has 0 spiro atoms. The van der Waals surface area contributed by atoms with Gasteiger partial charge in [0.25, 0.3) is 0 Å². The Morgan fingerprint density at radius 1 is 1.38 bits per heavy atom. The van der Waals surface area contributed by atoms with Gasteiger partial charge >= 0.3 is 0 Å². The smallest absolute Gasteiger partial charge is 0.0815 e. The maximum Gasteiger partial charge on any atom is 0.0815 e. The summed E-state index contributed by atoms with van der Waals surface area (Å²) in [5.41, 5.74) is 0. The topological polar surface area (TPSA) is 9.23 Å². The molecule has 0 atom stereocenters. The molecule has 0 rings (SSSR count). The molecular weight excluding hydrogens is 116 g/mol. The Labute approximate surface area is 53.1 Å². The summed E-state index contributed by atoms with van der Waals surface area (Å²) in [7, 11) is -1.03. The molecule has 49 valence electrons. The van der Waals surface area contributed by atoms with Crippen molar-refractivity contribution >= 4 is 8.07 Å². The third-order valence-electron chi connectivity index (χ3n) is 0.604. The lowest BCUT2D eigenvalue weighted by Gasteiger charge is -2.13. The van der Waals surface area contributed by atoms with Crippen LogP contribution in [-0.2, 0) is 4.74 Å². The first kappa shape index (κ1) is 8.18. The molecule has 0 aromatic heterocycles. The molecule has 0 fully saturated rings. The molecule has 0 heterocycles. The first-order chi connectivity index (χ1) is 3.56. The molecule has 0 aliphatic carbocycles. The third kappa shape index (κ3) is 6.18. The average molecular weight is 131 g/mol. The molecule has 0 unspecified atom stereocenters. The van der Waals surface area contributed by atoms with Gasteiger partial charge in [0, 0.05) is 6.61 Å². The lowest BCUT2D eigenvalue weighted by molar-refractivity contribution is 0.241. The van der Waals surface area contributed by atoms with Crippen LogP contribution in [-0.4, -0.2) is 14.7 Å². The van der Waals surface area contributed by atoms with Crippen LogP contribution in [0.5, 0.6) is 0 Å². The lowest BCUT2D eigenvalue weighted by atomic mass is 10.9. The van der Waals surface area contributed by atoms with Gasteiger partial charge in [-0.15, -0.1) is 0 Å². The van der Waals surface area contributed by atoms with Gasteiger partial charge in [0.1, 0.15) is 0 Å². The Bertz CT molecular complexity index is 56.0. The van der Waals surface area contributed by atoms with Crippen molar-refractivity contribution in [2.24, 2.45) is 0 Å². The van der Waals surface area contributed by atoms with Crippen molar-refractivity contribution in [2.45, 2.75) is 26.6 Å². The van der Waals surface area contributed by atoms with Crippen LogP contribution >= 0.6 is 0 Å². The summed E-state index contributed by atoms with van der Waals surface area (Å²) in [4.78, 5) is 0. The molecule has 2 heteroatoms. The van der Waals surface area contributed by atoms with Gasteiger partial charge in [0.15, 0.2) is 0 Å². The number of rotatable bonds is 3. The molecule has 1 radical (unpaired) electrons. The maximum absolute atomic E-state index is 5.13. The Balaban J connectivity index is 3.11. The van der Waals surface area contributed by atoms with Gasteiger partial charge in [-0.05, 0) is 6.92 Å². The molecule has 8 heavy (non-hydrogen) atoms. The van der Waals surface area contributed by atoms with Gasteiger partial charge in [0.2, 0.25) is 0 Å². The van der Waals surface area contributed by atoms with E-state index in [2.05, 4.69) is 19.6 Å². The van der Waals surface area contributed by atoms with Crippen molar-refractivity contribution in [1.29, 1.82) is 0 Å². The van der Waals surface area contributed by atoms with E-state index < -0.39 is 8.07 Å². The number of hydrogen-bond donors (Lipinski definition) is 0. The Morgan fingerprint density at radius 3 is 2.00 bits per heavy atom. The van der Waals surface area contributed by atoms with Crippen LogP contribution in [0.2, 0.25) is 19.6 Å². The van der Waals surface area contributed by atoms with Crippen molar-refractivity contribution in [1.82, 2.24) is 0 Å². The first-order valence-electron chi connectivity index (χ1n) is 3.02. The summed E-state index contributed by atoms with van der Waals surface area (Å²) < 4.78 is 5.13. The van der Waals surface area contributed by atoms with E-state index in [0.717, 1.165) is 6.61 Å². The zero-order valence-corrected chi connectivity index (χ0v) is 7.19. The summed E-state index contributed by atoms with van der Waals surface area (Å²) in [5.74, 6) is 0. The summed E-state index contributed by atoms with van der Waals surface area (Å²) in [6, 6.07) is 0. The van der Waals surface area contributed by atoms with Gasteiger partial charge in [-0.2, -0.15) is 0 Å². The minimum atomic E-state index is -1.03. The van der Waals surface area contributed by atoms with Crippen molar-refractivity contribution in [3.8, 4) is 0 Å². The van der Waals surface area contributed by atoms with E-state index >= 15 is 0 Å². The normalized spacial score (nSPS) is 12.0. The Hall–Kier alpha value is 0.177. The van der Waals surface area contributed by atoms with E-state index in [1.54, 1.807) is 0 Å². The van der Waals surface area contributed by atoms with Crippen LogP contribution in [0.15, 0.2) is 0 Å². The summed E-state index contributed by atoms with van der Waals surface area (Å²) >= 11 is 0. The molecule has 0 aliphatic heterocycles. The van der Waals surface area contributed by atoms with Crippen molar-refractivity contribution in [3.63, 3.8) is 0 Å². The molecule has 0 bridgehead atoms.